The third-order valence-corrected chi connectivity index (χ3v) is 6.94. The van der Waals surface area contributed by atoms with E-state index < -0.39 is 30.0 Å². The third-order valence-electron chi connectivity index (χ3n) is 6.94. The van der Waals surface area contributed by atoms with Gasteiger partial charge in [0.25, 0.3) is 0 Å². The maximum absolute atomic E-state index is 12.8. The fraction of sp³-hybridized carbons (Fsp3) is 0.792. The highest BCUT2D eigenvalue weighted by molar-refractivity contribution is 5.91. The van der Waals surface area contributed by atoms with Gasteiger partial charge in [0, 0.05) is 30.6 Å². The molecule has 6 heteroatoms. The van der Waals surface area contributed by atoms with E-state index in [1.54, 1.807) is 12.2 Å². The standard InChI is InChI=1S/C24H38O6/c1-3-4-5-15(2)12-18(25)10-11-19-20(23(28)14-22(19)27)13-21(26)16-6-8-17(9-7-16)24(29)30/h10-11,15-20,22,25,27H,3-9,12-14H2,1-2H3,(H,29,30)/b11-10+/t15-,16?,17?,18+,19+,20+,22+/m0/s1. The first kappa shape index (κ1) is 24.7. The predicted molar refractivity (Wildman–Crippen MR) is 114 cm³/mol. The molecule has 0 saturated heterocycles. The molecule has 5 atom stereocenters. The van der Waals surface area contributed by atoms with Gasteiger partial charge in [-0.3, -0.25) is 14.4 Å². The molecule has 0 heterocycles. The molecule has 0 aromatic heterocycles. The fourth-order valence-electron chi connectivity index (χ4n) is 4.95. The predicted octanol–water partition coefficient (Wildman–Crippen LogP) is 3.54. The summed E-state index contributed by atoms with van der Waals surface area (Å²) in [5.41, 5.74) is 0. The smallest absolute Gasteiger partial charge is 0.306 e. The van der Waals surface area contributed by atoms with Crippen molar-refractivity contribution in [2.45, 2.75) is 90.3 Å². The Hall–Kier alpha value is -1.53. The molecule has 2 fully saturated rings. The number of hydrogen-bond donors (Lipinski definition) is 3. The van der Waals surface area contributed by atoms with Crippen LogP contribution in [0.25, 0.3) is 0 Å². The molecule has 2 rings (SSSR count). The number of carboxylic acids is 1. The van der Waals surface area contributed by atoms with Crippen LogP contribution in [0.2, 0.25) is 0 Å². The number of aliphatic hydroxyl groups excluding tert-OH is 2. The molecule has 0 aromatic rings. The minimum atomic E-state index is -0.820. The quantitative estimate of drug-likeness (QED) is 0.439. The normalized spacial score (nSPS) is 31.7. The zero-order valence-electron chi connectivity index (χ0n) is 18.3. The Bertz CT molecular complexity index is 619. The number of Topliss-reactive ketones (excluding diaryl/α,β-unsaturated/α-hetero) is 2. The van der Waals surface area contributed by atoms with E-state index in [-0.39, 0.29) is 36.2 Å². The fourth-order valence-corrected chi connectivity index (χ4v) is 4.95. The van der Waals surface area contributed by atoms with E-state index in [0.29, 0.717) is 38.0 Å². The molecular formula is C24H38O6. The molecule has 0 radical (unpaired) electrons. The van der Waals surface area contributed by atoms with Crippen LogP contribution in [0, 0.1) is 29.6 Å². The van der Waals surface area contributed by atoms with Gasteiger partial charge in [-0.25, -0.2) is 0 Å². The summed E-state index contributed by atoms with van der Waals surface area (Å²) in [5.74, 6) is -2.07. The average molecular weight is 423 g/mol. The summed E-state index contributed by atoms with van der Waals surface area (Å²) in [6.45, 7) is 4.25. The lowest BCUT2D eigenvalue weighted by atomic mass is 9.77. The van der Waals surface area contributed by atoms with Gasteiger partial charge in [-0.2, -0.15) is 0 Å². The highest BCUT2D eigenvalue weighted by atomic mass is 16.4. The summed E-state index contributed by atoms with van der Waals surface area (Å²) in [6.07, 6.45) is 8.15. The topological polar surface area (TPSA) is 112 Å². The van der Waals surface area contributed by atoms with Crippen molar-refractivity contribution in [2.24, 2.45) is 29.6 Å². The Labute approximate surface area is 179 Å². The molecule has 0 spiro atoms. The molecule has 0 unspecified atom stereocenters. The molecule has 0 aromatic carbocycles. The van der Waals surface area contributed by atoms with Gasteiger partial charge < -0.3 is 15.3 Å². The van der Waals surface area contributed by atoms with Crippen LogP contribution in [0.4, 0.5) is 0 Å². The second kappa shape index (κ2) is 11.8. The summed E-state index contributed by atoms with van der Waals surface area (Å²) in [4.78, 5) is 36.3. The van der Waals surface area contributed by atoms with Gasteiger partial charge in [-0.05, 0) is 38.0 Å². The van der Waals surface area contributed by atoms with Gasteiger partial charge in [0.15, 0.2) is 0 Å². The lowest BCUT2D eigenvalue weighted by Gasteiger charge is -2.26. The lowest BCUT2D eigenvalue weighted by Crippen LogP contribution is -2.29. The zero-order valence-corrected chi connectivity index (χ0v) is 18.3. The van der Waals surface area contributed by atoms with E-state index in [1.807, 2.05) is 0 Å². The number of aliphatic hydroxyl groups is 2. The molecular weight excluding hydrogens is 384 g/mol. The highest BCUT2D eigenvalue weighted by Gasteiger charge is 2.42. The number of carbonyl (C=O) groups is 3. The summed E-state index contributed by atoms with van der Waals surface area (Å²) >= 11 is 0. The zero-order chi connectivity index (χ0) is 22.3. The van der Waals surface area contributed by atoms with E-state index >= 15 is 0 Å². The summed E-state index contributed by atoms with van der Waals surface area (Å²) in [6, 6.07) is 0. The van der Waals surface area contributed by atoms with Crippen molar-refractivity contribution in [3.05, 3.63) is 12.2 Å². The molecule has 2 aliphatic carbocycles. The van der Waals surface area contributed by atoms with Crippen molar-refractivity contribution < 1.29 is 29.7 Å². The van der Waals surface area contributed by atoms with Crippen LogP contribution in [0.15, 0.2) is 12.2 Å². The van der Waals surface area contributed by atoms with Gasteiger partial charge in [0.05, 0.1) is 18.1 Å². The second-order valence-electron chi connectivity index (χ2n) is 9.41. The van der Waals surface area contributed by atoms with Crippen molar-refractivity contribution in [3.63, 3.8) is 0 Å². The van der Waals surface area contributed by atoms with E-state index in [1.165, 1.54) is 0 Å². The van der Waals surface area contributed by atoms with Crippen LogP contribution in [0.3, 0.4) is 0 Å². The van der Waals surface area contributed by atoms with Crippen molar-refractivity contribution >= 4 is 17.5 Å². The second-order valence-corrected chi connectivity index (χ2v) is 9.41. The van der Waals surface area contributed by atoms with Crippen LogP contribution in [0.1, 0.15) is 78.1 Å². The minimum Gasteiger partial charge on any atom is -0.481 e. The van der Waals surface area contributed by atoms with Gasteiger partial charge >= 0.3 is 5.97 Å². The first-order valence-corrected chi connectivity index (χ1v) is 11.6. The molecule has 170 valence electrons. The number of unbranched alkanes of at least 4 members (excludes halogenated alkanes) is 1. The van der Waals surface area contributed by atoms with E-state index in [4.69, 9.17) is 5.11 Å². The van der Waals surface area contributed by atoms with Crippen LogP contribution < -0.4 is 0 Å². The first-order valence-electron chi connectivity index (χ1n) is 11.6. The summed E-state index contributed by atoms with van der Waals surface area (Å²) in [5, 5.41) is 29.7. The van der Waals surface area contributed by atoms with Crippen molar-refractivity contribution in [1.29, 1.82) is 0 Å². The molecule has 2 aliphatic rings. The van der Waals surface area contributed by atoms with Crippen LogP contribution in [-0.4, -0.2) is 45.1 Å². The number of ketones is 2. The number of aliphatic carboxylic acids is 1. The summed E-state index contributed by atoms with van der Waals surface area (Å²) in [7, 11) is 0. The molecule has 0 aliphatic heterocycles. The van der Waals surface area contributed by atoms with Crippen LogP contribution in [0.5, 0.6) is 0 Å². The molecule has 0 bridgehead atoms. The van der Waals surface area contributed by atoms with Crippen molar-refractivity contribution in [3.8, 4) is 0 Å². The summed E-state index contributed by atoms with van der Waals surface area (Å²) < 4.78 is 0. The minimum absolute atomic E-state index is 0.00146. The van der Waals surface area contributed by atoms with E-state index in [9.17, 15) is 24.6 Å². The Morgan fingerprint density at radius 2 is 1.80 bits per heavy atom. The number of rotatable bonds is 11. The Kier molecular flexibility index (Phi) is 9.69. The SMILES string of the molecule is CCCC[C@H](C)C[C@H](O)/C=C/[C@H]1[C@H](O)CC(=O)[C@@H]1CC(=O)C1CCC(C(=O)O)CC1. The Morgan fingerprint density at radius 3 is 2.40 bits per heavy atom. The van der Waals surface area contributed by atoms with E-state index in [2.05, 4.69) is 13.8 Å². The Morgan fingerprint density at radius 1 is 1.17 bits per heavy atom. The number of hydrogen-bond acceptors (Lipinski definition) is 5. The number of carbonyl (C=O) groups excluding carboxylic acids is 2. The van der Waals surface area contributed by atoms with Crippen LogP contribution >= 0.6 is 0 Å². The molecule has 3 N–H and O–H groups in total. The maximum Gasteiger partial charge on any atom is 0.306 e. The van der Waals surface area contributed by atoms with Crippen molar-refractivity contribution in [1.82, 2.24) is 0 Å². The first-order chi connectivity index (χ1) is 14.2. The van der Waals surface area contributed by atoms with E-state index in [0.717, 1.165) is 19.3 Å². The largest absolute Gasteiger partial charge is 0.481 e. The van der Waals surface area contributed by atoms with Gasteiger partial charge in [0.2, 0.25) is 0 Å². The molecule has 0 amide bonds. The van der Waals surface area contributed by atoms with Gasteiger partial charge in [-0.15, -0.1) is 0 Å². The third kappa shape index (κ3) is 7.02. The van der Waals surface area contributed by atoms with Gasteiger partial charge in [0.1, 0.15) is 11.6 Å². The monoisotopic (exact) mass is 422 g/mol. The Balaban J connectivity index is 1.91. The van der Waals surface area contributed by atoms with Crippen LogP contribution in [-0.2, 0) is 14.4 Å². The number of carboxylic acid groups (broad SMARTS) is 1. The molecule has 2 saturated carbocycles. The van der Waals surface area contributed by atoms with Gasteiger partial charge in [-0.1, -0.05) is 45.3 Å². The molecule has 6 nitrogen and oxygen atoms in total. The highest BCUT2D eigenvalue weighted by Crippen LogP contribution is 2.36. The maximum atomic E-state index is 12.8. The molecule has 30 heavy (non-hydrogen) atoms. The average Bonchev–Trinajstić information content (AvgIpc) is 2.97. The van der Waals surface area contributed by atoms with Crippen molar-refractivity contribution in [2.75, 3.05) is 0 Å². The lowest BCUT2D eigenvalue weighted by molar-refractivity contribution is -0.144.